The van der Waals surface area contributed by atoms with Gasteiger partial charge in [-0.25, -0.2) is 0 Å². The minimum atomic E-state index is 0.371. The van der Waals surface area contributed by atoms with Crippen LogP contribution in [0.25, 0.3) is 0 Å². The molecule has 0 atom stereocenters. The van der Waals surface area contributed by atoms with Crippen LogP contribution < -0.4 is 0 Å². The van der Waals surface area contributed by atoms with E-state index in [0.29, 0.717) is 5.78 Å². The molecule has 0 aromatic heterocycles. The van der Waals surface area contributed by atoms with Crippen LogP contribution >= 0.6 is 0 Å². The average molecular weight is 121 g/mol. The normalized spacial score (nSPS) is 9.00. The molecule has 46 valence electrons. The Morgan fingerprint density at radius 1 is 1.22 bits per heavy atom. The molecule has 1 nitrogen and oxygen atoms in total. The van der Waals surface area contributed by atoms with Gasteiger partial charge in [-0.15, -0.1) is 0 Å². The predicted octanol–water partition coefficient (Wildman–Crippen LogP) is 1.60. The molecule has 0 aliphatic carbocycles. The lowest BCUT2D eigenvalue weighted by Gasteiger charge is -1.84. The van der Waals surface area contributed by atoms with E-state index in [0.717, 1.165) is 5.56 Å². The Hall–Kier alpha value is -1.11. The largest absolute Gasteiger partial charge is 0.320 e. The molecule has 0 spiro atoms. The zero-order chi connectivity index (χ0) is 6.69. The molecule has 0 fully saturated rings. The first-order chi connectivity index (χ1) is 4.30. The number of ketones is 1. The summed E-state index contributed by atoms with van der Waals surface area (Å²) in [5, 5.41) is 0. The Labute approximate surface area is 54.3 Å². The van der Waals surface area contributed by atoms with Crippen LogP contribution in [0.5, 0.6) is 0 Å². The third-order valence-electron chi connectivity index (χ3n) is 1.19. The molecule has 1 N–H and O–H groups in total. The van der Waals surface area contributed by atoms with Crippen LogP contribution in [-0.2, 0) is 0 Å². The first kappa shape index (κ1) is 6.02. The summed E-state index contributed by atoms with van der Waals surface area (Å²) in [4.78, 5) is 8.94. The van der Waals surface area contributed by atoms with Gasteiger partial charge in [0, 0.05) is 0 Å². The molecule has 1 rings (SSSR count). The summed E-state index contributed by atoms with van der Waals surface area (Å²) in [5.41, 5.74) is 0.887. The maximum atomic E-state index is 8.94. The van der Waals surface area contributed by atoms with Crippen molar-refractivity contribution in [3.63, 3.8) is 0 Å². The van der Waals surface area contributed by atoms with Gasteiger partial charge in [0.15, 0.2) is 0 Å². The molecule has 1 aromatic carbocycles. The lowest BCUT2D eigenvalue weighted by Crippen LogP contribution is -1.90. The van der Waals surface area contributed by atoms with Crippen molar-refractivity contribution in [3.8, 4) is 0 Å². The molecule has 0 saturated heterocycles. The quantitative estimate of drug-likeness (QED) is 0.397. The molecular weight excluding hydrogens is 112 g/mol. The van der Waals surface area contributed by atoms with E-state index in [1.807, 2.05) is 30.3 Å². The van der Waals surface area contributed by atoms with Crippen molar-refractivity contribution >= 4 is 5.78 Å². The topological polar surface area (TPSA) is 21.4 Å². The summed E-state index contributed by atoms with van der Waals surface area (Å²) in [6, 6.07) is 9.46. The Kier molecular flexibility index (Phi) is 1.63. The van der Waals surface area contributed by atoms with Gasteiger partial charge in [0.1, 0.15) is 0 Å². The zero-order valence-corrected chi connectivity index (χ0v) is 5.33. The van der Waals surface area contributed by atoms with E-state index in [-0.39, 0.29) is 0 Å². The highest BCUT2D eigenvalue weighted by Gasteiger charge is 2.00. The first-order valence-electron chi connectivity index (χ1n) is 2.88. The van der Waals surface area contributed by atoms with Crippen LogP contribution in [0, 0.1) is 0 Å². The van der Waals surface area contributed by atoms with Crippen molar-refractivity contribution in [1.82, 2.24) is 0 Å². The van der Waals surface area contributed by atoms with Gasteiger partial charge in [-0.3, -0.25) is 4.79 Å². The summed E-state index contributed by atoms with van der Waals surface area (Å²) in [6.07, 6.45) is 0. The maximum absolute atomic E-state index is 8.94. The molecular formula is C8H9O+. The van der Waals surface area contributed by atoms with E-state index in [1.165, 1.54) is 0 Å². The van der Waals surface area contributed by atoms with Crippen LogP contribution in [-0.4, -0.2) is 10.6 Å². The number of hydrogen-bond acceptors (Lipinski definition) is 0. The van der Waals surface area contributed by atoms with Crippen molar-refractivity contribution in [2.75, 3.05) is 0 Å². The van der Waals surface area contributed by atoms with Crippen molar-refractivity contribution in [2.24, 2.45) is 0 Å². The highest BCUT2D eigenvalue weighted by molar-refractivity contribution is 5.94. The third kappa shape index (κ3) is 1.39. The molecule has 0 unspecified atom stereocenters. The third-order valence-corrected chi connectivity index (χ3v) is 1.19. The van der Waals surface area contributed by atoms with Crippen LogP contribution in [0.15, 0.2) is 30.3 Å². The van der Waals surface area contributed by atoms with Gasteiger partial charge >= 0.3 is 5.78 Å². The molecule has 0 bridgehead atoms. The highest BCUT2D eigenvalue weighted by atomic mass is 16.1. The van der Waals surface area contributed by atoms with Crippen LogP contribution in [0.1, 0.15) is 12.5 Å². The molecule has 1 heteroatoms. The fourth-order valence-corrected chi connectivity index (χ4v) is 0.679. The van der Waals surface area contributed by atoms with Gasteiger partial charge in [0.05, 0.1) is 12.5 Å². The molecule has 0 aliphatic rings. The Morgan fingerprint density at radius 2 is 1.78 bits per heavy atom. The smallest absolute Gasteiger partial charge is 0.278 e. The second-order valence-corrected chi connectivity index (χ2v) is 1.95. The Bertz CT molecular complexity index is 201. The van der Waals surface area contributed by atoms with Crippen LogP contribution in [0.2, 0.25) is 0 Å². The SMILES string of the molecule is CC(=[OH+])c1ccccc1. The number of rotatable bonds is 1. The van der Waals surface area contributed by atoms with E-state index in [4.69, 9.17) is 4.79 Å². The van der Waals surface area contributed by atoms with Crippen molar-refractivity contribution in [3.05, 3.63) is 35.9 Å². The van der Waals surface area contributed by atoms with Crippen LogP contribution in [0.4, 0.5) is 0 Å². The molecule has 0 aliphatic heterocycles. The van der Waals surface area contributed by atoms with Crippen molar-refractivity contribution < 1.29 is 4.79 Å². The summed E-state index contributed by atoms with van der Waals surface area (Å²) in [6.45, 7) is 1.68. The van der Waals surface area contributed by atoms with Gasteiger partial charge in [-0.2, -0.15) is 0 Å². The summed E-state index contributed by atoms with van der Waals surface area (Å²) in [5.74, 6) is 0.371. The Balaban J connectivity index is 2.98. The monoisotopic (exact) mass is 121 g/mol. The first-order valence-corrected chi connectivity index (χ1v) is 2.88. The minimum Gasteiger partial charge on any atom is -0.278 e. The van der Waals surface area contributed by atoms with Crippen molar-refractivity contribution in [2.45, 2.75) is 6.92 Å². The number of carbonyl (C=O) groups excluding carboxylic acids is 1. The van der Waals surface area contributed by atoms with E-state index in [9.17, 15) is 0 Å². The molecule has 0 radical (unpaired) electrons. The van der Waals surface area contributed by atoms with Gasteiger partial charge in [0.25, 0.3) is 0 Å². The summed E-state index contributed by atoms with van der Waals surface area (Å²) < 4.78 is 0. The lowest BCUT2D eigenvalue weighted by molar-refractivity contribution is 0.675. The number of hydrogen-bond donors (Lipinski definition) is 0. The van der Waals surface area contributed by atoms with Gasteiger partial charge < -0.3 is 0 Å². The fraction of sp³-hybridized carbons (Fsp3) is 0.125. The molecule has 0 saturated carbocycles. The molecule has 9 heavy (non-hydrogen) atoms. The zero-order valence-electron chi connectivity index (χ0n) is 5.33. The lowest BCUT2D eigenvalue weighted by atomic mass is 10.2. The summed E-state index contributed by atoms with van der Waals surface area (Å²) >= 11 is 0. The maximum Gasteiger partial charge on any atom is 0.320 e. The summed E-state index contributed by atoms with van der Waals surface area (Å²) in [7, 11) is 0. The van der Waals surface area contributed by atoms with E-state index >= 15 is 0 Å². The predicted molar refractivity (Wildman–Crippen MR) is 38.2 cm³/mol. The second kappa shape index (κ2) is 2.44. The second-order valence-electron chi connectivity index (χ2n) is 1.95. The fourth-order valence-electron chi connectivity index (χ4n) is 0.679. The highest BCUT2D eigenvalue weighted by Crippen LogP contribution is 1.96. The van der Waals surface area contributed by atoms with E-state index in [1.54, 1.807) is 6.92 Å². The van der Waals surface area contributed by atoms with Crippen LogP contribution in [0.3, 0.4) is 0 Å². The van der Waals surface area contributed by atoms with Gasteiger partial charge in [-0.05, 0) is 12.1 Å². The average Bonchev–Trinajstić information content (AvgIpc) is 1.90. The van der Waals surface area contributed by atoms with Gasteiger partial charge in [0.2, 0.25) is 0 Å². The van der Waals surface area contributed by atoms with Gasteiger partial charge in [-0.1, -0.05) is 18.2 Å². The van der Waals surface area contributed by atoms with Crippen molar-refractivity contribution in [1.29, 1.82) is 0 Å². The molecule has 1 aromatic rings. The molecule has 0 amide bonds. The Morgan fingerprint density at radius 3 is 2.11 bits per heavy atom. The minimum absolute atomic E-state index is 0.371. The number of benzene rings is 1. The standard InChI is InChI=1S/C8H8O/c1-7(9)8-5-3-2-4-6-8/h2-6H,1H3/p+1. The van der Waals surface area contributed by atoms with E-state index in [2.05, 4.69) is 0 Å². The molecule has 0 heterocycles. The van der Waals surface area contributed by atoms with E-state index < -0.39 is 0 Å².